The number of ether oxygens (including phenoxy) is 4. The lowest BCUT2D eigenvalue weighted by Gasteiger charge is -2.46. The van der Waals surface area contributed by atoms with Gasteiger partial charge in [0.05, 0.1) is 5.69 Å². The molecule has 1 aromatic carbocycles. The van der Waals surface area contributed by atoms with Crippen molar-refractivity contribution >= 4 is 11.9 Å². The second-order valence-electron chi connectivity index (χ2n) is 9.34. The SMILES string of the molecule is CC(=O)O[C@@H]1CC[C@@H](OC(C)=O)C2[C@@H]3OC(C)(C)O[C@@H]3C1n1c(=O)n(-c3ccccc3)c(=O)n12. The van der Waals surface area contributed by atoms with Crippen LogP contribution < -0.4 is 11.4 Å². The number of hydrogen-bond donors (Lipinski definition) is 0. The number of esters is 2. The fraction of sp³-hybridized carbons (Fsp3) is 0.565. The highest BCUT2D eigenvalue weighted by Crippen LogP contribution is 2.47. The Morgan fingerprint density at radius 3 is 1.71 bits per heavy atom. The molecule has 3 aliphatic heterocycles. The van der Waals surface area contributed by atoms with Crippen LogP contribution in [0.5, 0.6) is 0 Å². The summed E-state index contributed by atoms with van der Waals surface area (Å²) in [5.74, 6) is -2.09. The van der Waals surface area contributed by atoms with Gasteiger partial charge in [-0.2, -0.15) is 0 Å². The first-order valence-electron chi connectivity index (χ1n) is 11.3. The van der Waals surface area contributed by atoms with E-state index in [9.17, 15) is 19.2 Å². The molecule has 182 valence electrons. The van der Waals surface area contributed by atoms with Crippen molar-refractivity contribution in [1.29, 1.82) is 0 Å². The lowest BCUT2D eigenvalue weighted by Crippen LogP contribution is -2.60. The predicted octanol–water partition coefficient (Wildman–Crippen LogP) is 1.07. The van der Waals surface area contributed by atoms with Gasteiger partial charge in [0.1, 0.15) is 36.5 Å². The summed E-state index contributed by atoms with van der Waals surface area (Å²) in [5.41, 5.74) is -0.804. The Morgan fingerprint density at radius 1 is 0.853 bits per heavy atom. The van der Waals surface area contributed by atoms with Crippen LogP contribution in [0.2, 0.25) is 0 Å². The van der Waals surface area contributed by atoms with Crippen molar-refractivity contribution in [3.05, 3.63) is 51.3 Å². The number of carbonyl (C=O) groups is 2. The Kier molecular flexibility index (Phi) is 5.28. The molecule has 6 atom stereocenters. The molecule has 1 saturated heterocycles. The van der Waals surface area contributed by atoms with E-state index in [1.807, 2.05) is 0 Å². The Morgan fingerprint density at radius 2 is 1.29 bits per heavy atom. The average molecular weight is 473 g/mol. The molecule has 4 aliphatic rings. The molecule has 11 heteroatoms. The first-order valence-corrected chi connectivity index (χ1v) is 11.3. The van der Waals surface area contributed by atoms with Crippen molar-refractivity contribution in [3.8, 4) is 5.69 Å². The molecule has 11 nitrogen and oxygen atoms in total. The number of aromatic nitrogens is 3. The van der Waals surface area contributed by atoms with Crippen LogP contribution >= 0.6 is 0 Å². The highest BCUT2D eigenvalue weighted by Gasteiger charge is 2.60. The topological polar surface area (TPSA) is 120 Å². The van der Waals surface area contributed by atoms with Crippen molar-refractivity contribution < 1.29 is 28.5 Å². The standard InChI is InChI=1S/C23H27N3O8/c1-12(27)31-15-10-11-16(32-13(2)28)18-20-19(33-23(3,4)34-20)17(15)25-21(29)24(22(30)26(18)25)14-8-6-5-7-9-14/h5-9,15-20H,10-11H2,1-4H3/t15-,16-,17?,18?,19-,20+/m1/s1. The Labute approximate surface area is 194 Å². The van der Waals surface area contributed by atoms with Gasteiger partial charge in [-0.05, 0) is 38.8 Å². The zero-order chi connectivity index (χ0) is 24.4. The van der Waals surface area contributed by atoms with Crippen LogP contribution in [0.25, 0.3) is 5.69 Å². The molecule has 1 aromatic heterocycles. The molecule has 2 unspecified atom stereocenters. The maximum absolute atomic E-state index is 13.8. The summed E-state index contributed by atoms with van der Waals surface area (Å²) < 4.78 is 27.4. The van der Waals surface area contributed by atoms with E-state index in [0.29, 0.717) is 18.5 Å². The molecule has 1 aliphatic carbocycles. The molecule has 2 bridgehead atoms. The van der Waals surface area contributed by atoms with Crippen molar-refractivity contribution in [2.24, 2.45) is 0 Å². The third-order valence-electron chi connectivity index (χ3n) is 6.55. The molecule has 0 radical (unpaired) electrons. The smallest absolute Gasteiger partial charge is 0.352 e. The summed E-state index contributed by atoms with van der Waals surface area (Å²) in [5, 5.41) is 0. The van der Waals surface area contributed by atoms with E-state index in [0.717, 1.165) is 4.57 Å². The summed E-state index contributed by atoms with van der Waals surface area (Å²) in [6.07, 6.45) is -2.43. The molecule has 0 spiro atoms. The van der Waals surface area contributed by atoms with Gasteiger partial charge in [-0.3, -0.25) is 9.59 Å². The number of para-hydroxylation sites is 1. The average Bonchev–Trinajstić information content (AvgIpc) is 3.19. The van der Waals surface area contributed by atoms with E-state index in [2.05, 4.69) is 0 Å². The zero-order valence-corrected chi connectivity index (χ0v) is 19.4. The molecule has 0 amide bonds. The van der Waals surface area contributed by atoms with Crippen LogP contribution in [0.3, 0.4) is 0 Å². The van der Waals surface area contributed by atoms with Gasteiger partial charge >= 0.3 is 23.3 Å². The van der Waals surface area contributed by atoms with Crippen LogP contribution in [0.4, 0.5) is 0 Å². The van der Waals surface area contributed by atoms with Gasteiger partial charge in [0, 0.05) is 13.8 Å². The molecule has 2 aromatic rings. The predicted molar refractivity (Wildman–Crippen MR) is 117 cm³/mol. The summed E-state index contributed by atoms with van der Waals surface area (Å²) in [6.45, 7) is 6.04. The molecule has 34 heavy (non-hydrogen) atoms. The van der Waals surface area contributed by atoms with Crippen LogP contribution in [0.1, 0.15) is 52.6 Å². The quantitative estimate of drug-likeness (QED) is 0.608. The van der Waals surface area contributed by atoms with Gasteiger partial charge in [-0.25, -0.2) is 23.5 Å². The maximum atomic E-state index is 13.8. The van der Waals surface area contributed by atoms with Gasteiger partial charge in [-0.15, -0.1) is 0 Å². The molecule has 4 heterocycles. The Balaban J connectivity index is 1.80. The number of fused-ring (bicyclic) bond motifs is 3. The van der Waals surface area contributed by atoms with Crippen LogP contribution in [-0.4, -0.2) is 56.1 Å². The highest BCUT2D eigenvalue weighted by atomic mass is 16.8. The van der Waals surface area contributed by atoms with Gasteiger partial charge in [0.2, 0.25) is 0 Å². The Bertz CT molecular complexity index is 1170. The fourth-order valence-corrected chi connectivity index (χ4v) is 5.53. The number of carbonyl (C=O) groups excluding carboxylic acids is 2. The number of benzene rings is 1. The lowest BCUT2D eigenvalue weighted by molar-refractivity contribution is -0.170. The van der Waals surface area contributed by atoms with Crippen molar-refractivity contribution in [2.45, 2.75) is 82.8 Å². The molecule has 6 rings (SSSR count). The number of nitrogens with zero attached hydrogens (tertiary/aromatic N) is 3. The van der Waals surface area contributed by atoms with Gasteiger partial charge in [0.15, 0.2) is 5.79 Å². The van der Waals surface area contributed by atoms with E-state index in [-0.39, 0.29) is 0 Å². The first kappa shape index (κ1) is 22.6. The van der Waals surface area contributed by atoms with E-state index < -0.39 is 65.6 Å². The minimum absolute atomic E-state index is 0.308. The monoisotopic (exact) mass is 473 g/mol. The van der Waals surface area contributed by atoms with Crippen LogP contribution in [0.15, 0.2) is 39.9 Å². The summed E-state index contributed by atoms with van der Waals surface area (Å²) in [4.78, 5) is 51.5. The highest BCUT2D eigenvalue weighted by molar-refractivity contribution is 5.66. The minimum atomic E-state index is -1.02. The normalized spacial score (nSPS) is 31.2. The number of hydrogen-bond acceptors (Lipinski definition) is 8. The van der Waals surface area contributed by atoms with E-state index in [4.69, 9.17) is 18.9 Å². The van der Waals surface area contributed by atoms with Gasteiger partial charge < -0.3 is 18.9 Å². The minimum Gasteiger partial charge on any atom is -0.460 e. The third kappa shape index (κ3) is 3.50. The molecular formula is C23H27N3O8. The van der Waals surface area contributed by atoms with E-state index in [1.54, 1.807) is 44.2 Å². The van der Waals surface area contributed by atoms with Gasteiger partial charge in [-0.1, -0.05) is 18.2 Å². The fourth-order valence-electron chi connectivity index (χ4n) is 5.53. The summed E-state index contributed by atoms with van der Waals surface area (Å²) in [6, 6.07) is 6.92. The van der Waals surface area contributed by atoms with E-state index >= 15 is 0 Å². The zero-order valence-electron chi connectivity index (χ0n) is 19.4. The molecule has 1 saturated carbocycles. The van der Waals surface area contributed by atoms with Crippen molar-refractivity contribution in [2.75, 3.05) is 0 Å². The van der Waals surface area contributed by atoms with Crippen LogP contribution in [0, 0.1) is 0 Å². The van der Waals surface area contributed by atoms with E-state index in [1.165, 1.54) is 23.2 Å². The Hall–Kier alpha value is -3.18. The first-order chi connectivity index (χ1) is 16.1. The second-order valence-corrected chi connectivity index (χ2v) is 9.34. The van der Waals surface area contributed by atoms with Crippen LogP contribution in [-0.2, 0) is 28.5 Å². The number of rotatable bonds is 3. The second kappa shape index (κ2) is 7.95. The molecular weight excluding hydrogens is 446 g/mol. The molecule has 0 N–H and O–H groups in total. The van der Waals surface area contributed by atoms with Crippen molar-refractivity contribution in [1.82, 2.24) is 13.9 Å². The lowest BCUT2D eigenvalue weighted by atomic mass is 9.83. The molecule has 2 fully saturated rings. The summed E-state index contributed by atoms with van der Waals surface area (Å²) in [7, 11) is 0. The van der Waals surface area contributed by atoms with Gasteiger partial charge in [0.25, 0.3) is 0 Å². The largest absolute Gasteiger partial charge is 0.460 e. The van der Waals surface area contributed by atoms with Crippen molar-refractivity contribution in [3.63, 3.8) is 0 Å². The summed E-state index contributed by atoms with van der Waals surface area (Å²) >= 11 is 0. The third-order valence-corrected chi connectivity index (χ3v) is 6.55. The maximum Gasteiger partial charge on any atom is 0.352 e.